The fourth-order valence-corrected chi connectivity index (χ4v) is 7.90. The van der Waals surface area contributed by atoms with Gasteiger partial charge >= 0.3 is 0 Å². The zero-order valence-electron chi connectivity index (χ0n) is 19.3. The van der Waals surface area contributed by atoms with E-state index in [1.807, 2.05) is 15.7 Å². The van der Waals surface area contributed by atoms with Crippen molar-refractivity contribution in [3.8, 4) is 0 Å². The molecule has 1 aromatic heterocycles. The Labute approximate surface area is 191 Å². The van der Waals surface area contributed by atoms with Gasteiger partial charge in [-0.1, -0.05) is 6.08 Å². The van der Waals surface area contributed by atoms with Gasteiger partial charge in [0.05, 0.1) is 19.8 Å². The topological polar surface area (TPSA) is 59.4 Å². The van der Waals surface area contributed by atoms with Gasteiger partial charge in [-0.25, -0.2) is 0 Å². The normalized spacial score (nSPS) is 35.7. The van der Waals surface area contributed by atoms with Crippen molar-refractivity contribution in [2.24, 2.45) is 29.6 Å². The van der Waals surface area contributed by atoms with E-state index in [1.165, 1.54) is 49.9 Å². The summed E-state index contributed by atoms with van der Waals surface area (Å²) in [7, 11) is 0. The molecular weight excluding hydrogens is 400 g/mol. The van der Waals surface area contributed by atoms with Gasteiger partial charge < -0.3 is 15.0 Å². The minimum absolute atomic E-state index is 0.0778. The molecule has 4 saturated carbocycles. The van der Waals surface area contributed by atoms with Crippen molar-refractivity contribution in [1.29, 1.82) is 0 Å². The van der Waals surface area contributed by atoms with Crippen LogP contribution >= 0.6 is 0 Å². The molecule has 6 heteroatoms. The maximum absolute atomic E-state index is 13.3. The average molecular weight is 439 g/mol. The smallest absolute Gasteiger partial charge is 0.274 e. The highest BCUT2D eigenvalue weighted by molar-refractivity contribution is 5.94. The lowest BCUT2D eigenvalue weighted by atomic mass is 9.52. The third-order valence-electron chi connectivity index (χ3n) is 9.21. The van der Waals surface area contributed by atoms with Gasteiger partial charge in [0.1, 0.15) is 0 Å². The van der Waals surface area contributed by atoms with E-state index >= 15 is 0 Å². The molecule has 1 saturated heterocycles. The molecule has 4 bridgehead atoms. The van der Waals surface area contributed by atoms with Gasteiger partial charge in [-0.05, 0) is 87.5 Å². The number of carbonyl (C=O) groups excluding carboxylic acids is 1. The van der Waals surface area contributed by atoms with Gasteiger partial charge in [-0.15, -0.1) is 6.58 Å². The lowest BCUT2D eigenvalue weighted by Crippen LogP contribution is -2.50. The van der Waals surface area contributed by atoms with Crippen molar-refractivity contribution in [3.63, 3.8) is 0 Å². The van der Waals surface area contributed by atoms with Crippen molar-refractivity contribution in [2.45, 2.75) is 64.0 Å². The third kappa shape index (κ3) is 3.73. The first-order valence-electron chi connectivity index (χ1n) is 13.0. The van der Waals surface area contributed by atoms with Crippen molar-refractivity contribution in [1.82, 2.24) is 20.0 Å². The largest absolute Gasteiger partial charge is 0.378 e. The standard InChI is InChI=1S/C26H38N4O2/c1-2-5-30-24-4-3-21(15-22(24)25(28-30)26(31)29-6-8-32-9-7-29)27-16-23-19-11-17-10-18(13-19)14-20(23)12-17/h2,17-21,23,27H,1,3-16H2/t17?,18?,19?,20?,21-,23?/m1/s1. The van der Waals surface area contributed by atoms with Gasteiger partial charge in [-0.3, -0.25) is 9.48 Å². The Kier molecular flexibility index (Phi) is 5.62. The second-order valence-corrected chi connectivity index (χ2v) is 11.1. The number of amides is 1. The number of ether oxygens (including phenoxy) is 1. The summed E-state index contributed by atoms with van der Waals surface area (Å²) < 4.78 is 7.46. The quantitative estimate of drug-likeness (QED) is 0.694. The van der Waals surface area contributed by atoms with Gasteiger partial charge in [0.15, 0.2) is 5.69 Å². The number of morpholine rings is 1. The molecule has 1 aliphatic heterocycles. The molecule has 0 aromatic carbocycles. The van der Waals surface area contributed by atoms with Crippen LogP contribution in [0.4, 0.5) is 0 Å². The molecule has 1 atom stereocenters. The third-order valence-corrected chi connectivity index (χ3v) is 9.21. The Morgan fingerprint density at radius 3 is 2.53 bits per heavy atom. The molecule has 7 rings (SSSR count). The number of carbonyl (C=O) groups is 1. The summed E-state index contributed by atoms with van der Waals surface area (Å²) in [6.07, 6.45) is 12.4. The molecular formula is C26H38N4O2. The molecule has 0 radical (unpaired) electrons. The van der Waals surface area contributed by atoms with Gasteiger partial charge in [-0.2, -0.15) is 5.10 Å². The molecule has 1 aromatic rings. The number of nitrogens with one attached hydrogen (secondary N) is 1. The first-order valence-corrected chi connectivity index (χ1v) is 13.0. The van der Waals surface area contributed by atoms with Crippen LogP contribution in [0, 0.1) is 29.6 Å². The lowest BCUT2D eigenvalue weighted by Gasteiger charge is -2.54. The Bertz CT molecular complexity index is 843. The van der Waals surface area contributed by atoms with Crippen LogP contribution in [0.3, 0.4) is 0 Å². The lowest BCUT2D eigenvalue weighted by molar-refractivity contribution is -0.0364. The zero-order chi connectivity index (χ0) is 21.7. The number of allylic oxidation sites excluding steroid dienone is 1. The second kappa shape index (κ2) is 8.60. The molecule has 5 aliphatic carbocycles. The number of rotatable bonds is 6. The fraction of sp³-hybridized carbons (Fsp3) is 0.769. The minimum atomic E-state index is 0.0778. The van der Waals surface area contributed by atoms with E-state index in [-0.39, 0.29) is 5.91 Å². The SMILES string of the molecule is C=CCn1nc(C(=O)N2CCOCC2)c2c1CC[C@@H](NCC1C3CC4CC(C3)CC1C4)C2. The summed E-state index contributed by atoms with van der Waals surface area (Å²) >= 11 is 0. The highest BCUT2D eigenvalue weighted by atomic mass is 16.5. The van der Waals surface area contributed by atoms with Crippen LogP contribution in [0.15, 0.2) is 12.7 Å². The highest BCUT2D eigenvalue weighted by Crippen LogP contribution is 2.56. The van der Waals surface area contributed by atoms with E-state index in [0.717, 1.165) is 48.9 Å². The van der Waals surface area contributed by atoms with E-state index in [0.29, 0.717) is 44.6 Å². The Balaban J connectivity index is 1.16. The van der Waals surface area contributed by atoms with Crippen LogP contribution in [-0.4, -0.2) is 59.5 Å². The number of fused-ring (bicyclic) bond motifs is 1. The number of nitrogens with zero attached hydrogens (tertiary/aromatic N) is 3. The van der Waals surface area contributed by atoms with Crippen LogP contribution in [0.5, 0.6) is 0 Å². The Hall–Kier alpha value is -1.66. The summed E-state index contributed by atoms with van der Waals surface area (Å²) in [5.74, 6) is 4.96. The molecule has 0 unspecified atom stereocenters. The molecule has 6 aliphatic rings. The fourth-order valence-electron chi connectivity index (χ4n) is 7.90. The summed E-state index contributed by atoms with van der Waals surface area (Å²) in [6, 6.07) is 0.456. The molecule has 5 fully saturated rings. The average Bonchev–Trinajstić information content (AvgIpc) is 3.16. The Morgan fingerprint density at radius 2 is 1.84 bits per heavy atom. The van der Waals surface area contributed by atoms with Crippen molar-refractivity contribution < 1.29 is 9.53 Å². The maximum atomic E-state index is 13.3. The van der Waals surface area contributed by atoms with Crippen molar-refractivity contribution in [2.75, 3.05) is 32.8 Å². The zero-order valence-corrected chi connectivity index (χ0v) is 19.3. The molecule has 1 amide bonds. The summed E-state index contributed by atoms with van der Waals surface area (Å²) in [5, 5.41) is 8.76. The first kappa shape index (κ1) is 20.9. The summed E-state index contributed by atoms with van der Waals surface area (Å²) in [5.41, 5.74) is 3.09. The van der Waals surface area contributed by atoms with E-state index in [1.54, 1.807) is 0 Å². The number of aromatic nitrogens is 2. The second-order valence-electron chi connectivity index (χ2n) is 11.1. The van der Waals surface area contributed by atoms with Crippen molar-refractivity contribution in [3.05, 3.63) is 29.6 Å². The van der Waals surface area contributed by atoms with Crippen LogP contribution < -0.4 is 5.32 Å². The molecule has 174 valence electrons. The van der Waals surface area contributed by atoms with Gasteiger partial charge in [0, 0.05) is 30.4 Å². The predicted octanol–water partition coefficient (Wildman–Crippen LogP) is 3.06. The maximum Gasteiger partial charge on any atom is 0.274 e. The predicted molar refractivity (Wildman–Crippen MR) is 123 cm³/mol. The van der Waals surface area contributed by atoms with Gasteiger partial charge in [0.25, 0.3) is 5.91 Å². The van der Waals surface area contributed by atoms with E-state index in [4.69, 9.17) is 9.84 Å². The van der Waals surface area contributed by atoms with Crippen LogP contribution in [0.2, 0.25) is 0 Å². The molecule has 6 nitrogen and oxygen atoms in total. The van der Waals surface area contributed by atoms with Crippen LogP contribution in [0.25, 0.3) is 0 Å². The minimum Gasteiger partial charge on any atom is -0.378 e. The van der Waals surface area contributed by atoms with Crippen LogP contribution in [0.1, 0.15) is 60.3 Å². The summed E-state index contributed by atoms with van der Waals surface area (Å²) in [4.78, 5) is 15.2. The Morgan fingerprint density at radius 1 is 1.12 bits per heavy atom. The number of hydrogen-bond donors (Lipinski definition) is 1. The molecule has 32 heavy (non-hydrogen) atoms. The van der Waals surface area contributed by atoms with E-state index in [9.17, 15) is 4.79 Å². The summed E-state index contributed by atoms with van der Waals surface area (Å²) in [6.45, 7) is 8.31. The monoisotopic (exact) mass is 438 g/mol. The van der Waals surface area contributed by atoms with Gasteiger partial charge in [0.2, 0.25) is 0 Å². The van der Waals surface area contributed by atoms with E-state index in [2.05, 4.69) is 11.9 Å². The first-order chi connectivity index (χ1) is 15.7. The highest BCUT2D eigenvalue weighted by Gasteiger charge is 2.48. The molecule has 1 N–H and O–H groups in total. The number of hydrogen-bond acceptors (Lipinski definition) is 4. The molecule has 0 spiro atoms. The van der Waals surface area contributed by atoms with Crippen molar-refractivity contribution >= 4 is 5.91 Å². The van der Waals surface area contributed by atoms with Crippen LogP contribution in [-0.2, 0) is 24.1 Å². The van der Waals surface area contributed by atoms with E-state index < -0.39 is 0 Å². The molecule has 2 heterocycles.